The standard InChI is InChI=1S/C12H14FN3O3S/c1-7-3-4-9(13)10(5-7)16-20(18,19)12-8(2)14-15-11(12)6-17/h3-5,16-17H,6H2,1-2H3,(H,14,15). The molecule has 0 bridgehead atoms. The van der Waals surface area contributed by atoms with Crippen LogP contribution in [0.2, 0.25) is 0 Å². The second-order valence-corrected chi connectivity index (χ2v) is 5.99. The van der Waals surface area contributed by atoms with Crippen molar-refractivity contribution in [2.24, 2.45) is 0 Å². The number of nitrogens with one attached hydrogen (secondary N) is 2. The van der Waals surface area contributed by atoms with Gasteiger partial charge in [-0.3, -0.25) is 9.82 Å². The van der Waals surface area contributed by atoms with Gasteiger partial charge in [0.05, 0.1) is 18.0 Å². The maximum atomic E-state index is 13.6. The molecule has 1 aromatic carbocycles. The largest absolute Gasteiger partial charge is 0.390 e. The van der Waals surface area contributed by atoms with Gasteiger partial charge in [-0.25, -0.2) is 12.8 Å². The van der Waals surface area contributed by atoms with E-state index in [0.29, 0.717) is 0 Å². The predicted octanol–water partition coefficient (Wildman–Crippen LogP) is 1.46. The monoisotopic (exact) mass is 299 g/mol. The number of rotatable bonds is 4. The van der Waals surface area contributed by atoms with E-state index in [1.165, 1.54) is 25.1 Å². The summed E-state index contributed by atoms with van der Waals surface area (Å²) in [6, 6.07) is 4.11. The lowest BCUT2D eigenvalue weighted by Crippen LogP contribution is -2.16. The van der Waals surface area contributed by atoms with E-state index in [1.807, 2.05) is 0 Å². The minimum atomic E-state index is -4.03. The number of aromatic amines is 1. The highest BCUT2D eigenvalue weighted by molar-refractivity contribution is 7.92. The van der Waals surface area contributed by atoms with Gasteiger partial charge in [-0.15, -0.1) is 0 Å². The molecule has 1 heterocycles. The van der Waals surface area contributed by atoms with Crippen LogP contribution in [-0.4, -0.2) is 23.7 Å². The Labute approximate surface area is 115 Å². The molecule has 6 nitrogen and oxygen atoms in total. The summed E-state index contributed by atoms with van der Waals surface area (Å²) in [5, 5.41) is 15.3. The predicted molar refractivity (Wildman–Crippen MR) is 71.2 cm³/mol. The SMILES string of the molecule is Cc1ccc(F)c(NS(=O)(=O)c2c(CO)n[nH]c2C)c1. The summed E-state index contributed by atoms with van der Waals surface area (Å²) in [7, 11) is -4.03. The van der Waals surface area contributed by atoms with Gasteiger partial charge in [0.2, 0.25) is 0 Å². The molecule has 0 amide bonds. The third-order valence-corrected chi connectivity index (χ3v) is 4.31. The van der Waals surface area contributed by atoms with Crippen molar-refractivity contribution >= 4 is 15.7 Å². The van der Waals surface area contributed by atoms with E-state index >= 15 is 0 Å². The molecule has 0 aliphatic rings. The molecule has 0 aliphatic heterocycles. The van der Waals surface area contributed by atoms with E-state index in [-0.39, 0.29) is 22.0 Å². The van der Waals surface area contributed by atoms with E-state index in [0.717, 1.165) is 5.56 Å². The first-order valence-electron chi connectivity index (χ1n) is 5.79. The molecule has 0 radical (unpaired) electrons. The quantitative estimate of drug-likeness (QED) is 0.796. The van der Waals surface area contributed by atoms with Gasteiger partial charge < -0.3 is 5.11 Å². The molecule has 2 rings (SSSR count). The zero-order valence-electron chi connectivity index (χ0n) is 10.9. The summed E-state index contributed by atoms with van der Waals surface area (Å²) in [6.07, 6.45) is 0. The van der Waals surface area contributed by atoms with Gasteiger partial charge in [0, 0.05) is 0 Å². The number of halogens is 1. The van der Waals surface area contributed by atoms with Crippen LogP contribution < -0.4 is 4.72 Å². The number of aryl methyl sites for hydroxylation is 2. The average molecular weight is 299 g/mol. The first kappa shape index (κ1) is 14.5. The number of aliphatic hydroxyl groups is 1. The summed E-state index contributed by atoms with van der Waals surface area (Å²) >= 11 is 0. The second-order valence-electron chi connectivity index (χ2n) is 4.37. The number of nitrogens with zero attached hydrogens (tertiary/aromatic N) is 1. The number of anilines is 1. The Kier molecular flexibility index (Phi) is 3.78. The summed E-state index contributed by atoms with van der Waals surface area (Å²) in [6.45, 7) is 2.70. The second kappa shape index (κ2) is 5.22. The van der Waals surface area contributed by atoms with E-state index in [1.54, 1.807) is 6.92 Å². The molecule has 0 saturated heterocycles. The number of aromatic nitrogens is 2. The zero-order chi connectivity index (χ0) is 14.9. The number of hydrogen-bond acceptors (Lipinski definition) is 4. The summed E-state index contributed by atoms with van der Waals surface area (Å²) < 4.78 is 40.4. The fraction of sp³-hybridized carbons (Fsp3) is 0.250. The van der Waals surface area contributed by atoms with Crippen molar-refractivity contribution in [1.29, 1.82) is 0 Å². The smallest absolute Gasteiger partial charge is 0.265 e. The van der Waals surface area contributed by atoms with Crippen LogP contribution in [0.4, 0.5) is 10.1 Å². The highest BCUT2D eigenvalue weighted by Gasteiger charge is 2.25. The van der Waals surface area contributed by atoms with Crippen LogP contribution in [0.1, 0.15) is 17.0 Å². The summed E-state index contributed by atoms with van der Waals surface area (Å²) in [5.41, 5.74) is 0.836. The Morgan fingerprint density at radius 1 is 1.40 bits per heavy atom. The van der Waals surface area contributed by atoms with Crippen LogP contribution in [-0.2, 0) is 16.6 Å². The molecular formula is C12H14FN3O3S. The Balaban J connectivity index is 2.46. The minimum Gasteiger partial charge on any atom is -0.390 e. The first-order chi connectivity index (χ1) is 9.35. The molecule has 3 N–H and O–H groups in total. The fourth-order valence-electron chi connectivity index (χ4n) is 1.85. The summed E-state index contributed by atoms with van der Waals surface area (Å²) in [5.74, 6) is -0.675. The lowest BCUT2D eigenvalue weighted by atomic mass is 10.2. The lowest BCUT2D eigenvalue weighted by molar-refractivity contribution is 0.273. The van der Waals surface area contributed by atoms with Crippen molar-refractivity contribution in [2.45, 2.75) is 25.3 Å². The molecule has 20 heavy (non-hydrogen) atoms. The Morgan fingerprint density at radius 3 is 2.75 bits per heavy atom. The Morgan fingerprint density at radius 2 is 2.10 bits per heavy atom. The highest BCUT2D eigenvalue weighted by atomic mass is 32.2. The molecular weight excluding hydrogens is 285 g/mol. The van der Waals surface area contributed by atoms with E-state index in [4.69, 9.17) is 5.11 Å². The van der Waals surface area contributed by atoms with Crippen molar-refractivity contribution in [3.05, 3.63) is 41.0 Å². The van der Waals surface area contributed by atoms with Crippen LogP contribution in [0, 0.1) is 19.7 Å². The molecule has 0 fully saturated rings. The third-order valence-electron chi connectivity index (χ3n) is 2.75. The van der Waals surface area contributed by atoms with Crippen LogP contribution in [0.3, 0.4) is 0 Å². The van der Waals surface area contributed by atoms with E-state index < -0.39 is 22.4 Å². The normalized spacial score (nSPS) is 11.6. The Bertz CT molecular complexity index is 740. The number of aliphatic hydroxyl groups excluding tert-OH is 1. The first-order valence-corrected chi connectivity index (χ1v) is 7.27. The van der Waals surface area contributed by atoms with Gasteiger partial charge >= 0.3 is 0 Å². The average Bonchev–Trinajstić information content (AvgIpc) is 2.75. The van der Waals surface area contributed by atoms with Crippen molar-refractivity contribution in [2.75, 3.05) is 4.72 Å². The van der Waals surface area contributed by atoms with Gasteiger partial charge in [-0.1, -0.05) is 6.07 Å². The van der Waals surface area contributed by atoms with Gasteiger partial charge in [0.1, 0.15) is 16.4 Å². The van der Waals surface area contributed by atoms with E-state index in [9.17, 15) is 12.8 Å². The highest BCUT2D eigenvalue weighted by Crippen LogP contribution is 2.23. The number of H-pyrrole nitrogens is 1. The number of hydrogen-bond donors (Lipinski definition) is 3. The zero-order valence-corrected chi connectivity index (χ0v) is 11.8. The molecule has 2 aromatic rings. The summed E-state index contributed by atoms with van der Waals surface area (Å²) in [4.78, 5) is -0.166. The maximum Gasteiger partial charge on any atom is 0.265 e. The third kappa shape index (κ3) is 2.66. The molecule has 1 aromatic heterocycles. The molecule has 0 unspecified atom stereocenters. The Hall–Kier alpha value is -1.93. The fourth-order valence-corrected chi connectivity index (χ4v) is 3.26. The molecule has 0 aliphatic carbocycles. The van der Waals surface area contributed by atoms with Crippen molar-refractivity contribution in [3.63, 3.8) is 0 Å². The molecule has 0 atom stereocenters. The minimum absolute atomic E-state index is 0.0111. The van der Waals surface area contributed by atoms with Crippen molar-refractivity contribution in [1.82, 2.24) is 10.2 Å². The molecule has 8 heteroatoms. The number of sulfonamides is 1. The van der Waals surface area contributed by atoms with E-state index in [2.05, 4.69) is 14.9 Å². The van der Waals surface area contributed by atoms with Gasteiger partial charge in [-0.05, 0) is 31.5 Å². The van der Waals surface area contributed by atoms with Crippen LogP contribution in [0.25, 0.3) is 0 Å². The maximum absolute atomic E-state index is 13.6. The van der Waals surface area contributed by atoms with Gasteiger partial charge in [-0.2, -0.15) is 5.10 Å². The van der Waals surface area contributed by atoms with Gasteiger partial charge in [0.25, 0.3) is 10.0 Å². The lowest BCUT2D eigenvalue weighted by Gasteiger charge is -2.10. The molecule has 0 spiro atoms. The number of benzene rings is 1. The van der Waals surface area contributed by atoms with Crippen LogP contribution in [0.15, 0.2) is 23.1 Å². The van der Waals surface area contributed by atoms with Gasteiger partial charge in [0.15, 0.2) is 0 Å². The van der Waals surface area contributed by atoms with Crippen LogP contribution in [0.5, 0.6) is 0 Å². The van der Waals surface area contributed by atoms with Crippen molar-refractivity contribution in [3.8, 4) is 0 Å². The van der Waals surface area contributed by atoms with Crippen molar-refractivity contribution < 1.29 is 17.9 Å². The molecule has 108 valence electrons. The van der Waals surface area contributed by atoms with Crippen LogP contribution >= 0.6 is 0 Å². The topological polar surface area (TPSA) is 95.1 Å². The molecule has 0 saturated carbocycles.